The van der Waals surface area contributed by atoms with Gasteiger partial charge in [-0.15, -0.1) is 0 Å². The second-order valence-electron chi connectivity index (χ2n) is 2.97. The first-order valence-corrected chi connectivity index (χ1v) is 4.99. The third kappa shape index (κ3) is 7.97. The second-order valence-corrected chi connectivity index (χ2v) is 2.97. The number of nitrogens with zero attached hydrogens (tertiary/aromatic N) is 3. The number of nitrogens with two attached hydrogens (primary N) is 1. The molecule has 0 radical (unpaired) electrons. The Hall–Kier alpha value is -1.89. The smallest absolute Gasteiger partial charge is 0.315 e. The molecule has 0 aliphatic carbocycles. The minimum absolute atomic E-state index is 0.166. The molecule has 96 valence electrons. The molecular weight excluding hydrogens is 222 g/mol. The molecule has 0 aliphatic rings. The summed E-state index contributed by atoms with van der Waals surface area (Å²) < 4.78 is 9.89. The first-order valence-electron chi connectivity index (χ1n) is 4.99. The average molecular weight is 241 g/mol. The fourth-order valence-corrected chi connectivity index (χ4v) is 0.775. The topological polar surface area (TPSA) is 93.6 Å². The van der Waals surface area contributed by atoms with Gasteiger partial charge in [-0.1, -0.05) is 0 Å². The lowest BCUT2D eigenvalue weighted by atomic mass is 10.4. The maximum Gasteiger partial charge on any atom is 0.315 e. The van der Waals surface area contributed by atoms with Gasteiger partial charge in [-0.25, -0.2) is 4.99 Å². The highest BCUT2D eigenvalue weighted by Gasteiger charge is 2.00. The number of nitrogens with one attached hydrogen (secondary N) is 1. The Morgan fingerprint density at radius 1 is 1.35 bits per heavy atom. The van der Waals surface area contributed by atoms with Crippen LogP contribution in [-0.4, -0.2) is 38.4 Å². The summed E-state index contributed by atoms with van der Waals surface area (Å²) in [6.45, 7) is 3.56. The SMILES string of the molecule is COC(C)=NC(=NC(C)C=N/C=C\NN)OC. The Morgan fingerprint density at radius 2 is 2.06 bits per heavy atom. The third-order valence-corrected chi connectivity index (χ3v) is 1.60. The normalized spacial score (nSPS) is 15.4. The van der Waals surface area contributed by atoms with E-state index in [2.05, 4.69) is 20.4 Å². The number of hydrogen-bond acceptors (Lipinski definition) is 6. The molecule has 7 nitrogen and oxygen atoms in total. The van der Waals surface area contributed by atoms with Crippen LogP contribution >= 0.6 is 0 Å². The average Bonchev–Trinajstić information content (AvgIpc) is 2.33. The summed E-state index contributed by atoms with van der Waals surface area (Å²) in [5.41, 5.74) is 2.33. The van der Waals surface area contributed by atoms with Crippen molar-refractivity contribution in [2.24, 2.45) is 20.8 Å². The Morgan fingerprint density at radius 3 is 2.59 bits per heavy atom. The van der Waals surface area contributed by atoms with E-state index in [9.17, 15) is 0 Å². The molecule has 0 bridgehead atoms. The molecule has 1 atom stereocenters. The zero-order valence-corrected chi connectivity index (χ0v) is 10.5. The number of hydrazine groups is 1. The summed E-state index contributed by atoms with van der Waals surface area (Å²) >= 11 is 0. The van der Waals surface area contributed by atoms with Crippen LogP contribution < -0.4 is 11.3 Å². The van der Waals surface area contributed by atoms with E-state index in [0.717, 1.165) is 0 Å². The summed E-state index contributed by atoms with van der Waals surface area (Å²) in [6, 6.07) is 0.0741. The number of ether oxygens (including phenoxy) is 2. The van der Waals surface area contributed by atoms with Crippen LogP contribution in [-0.2, 0) is 9.47 Å². The number of methoxy groups -OCH3 is 2. The van der Waals surface area contributed by atoms with Gasteiger partial charge in [0.1, 0.15) is 0 Å². The van der Waals surface area contributed by atoms with Crippen LogP contribution in [0.4, 0.5) is 0 Å². The fraction of sp³-hybridized carbons (Fsp3) is 0.500. The largest absolute Gasteiger partial charge is 0.484 e. The first kappa shape index (κ1) is 15.1. The number of aliphatic imine (C=N–C) groups is 3. The summed E-state index contributed by atoms with van der Waals surface area (Å²) in [7, 11) is 3.02. The van der Waals surface area contributed by atoms with Gasteiger partial charge in [0.05, 0.1) is 20.3 Å². The van der Waals surface area contributed by atoms with E-state index in [-0.39, 0.29) is 12.1 Å². The van der Waals surface area contributed by atoms with Gasteiger partial charge >= 0.3 is 6.02 Å². The highest BCUT2D eigenvalue weighted by molar-refractivity contribution is 5.89. The van der Waals surface area contributed by atoms with E-state index in [1.807, 2.05) is 6.92 Å². The van der Waals surface area contributed by atoms with Crippen molar-refractivity contribution < 1.29 is 9.47 Å². The van der Waals surface area contributed by atoms with Crippen molar-refractivity contribution in [2.45, 2.75) is 19.9 Å². The van der Waals surface area contributed by atoms with Crippen molar-refractivity contribution in [1.82, 2.24) is 5.43 Å². The predicted molar refractivity (Wildman–Crippen MR) is 69.0 cm³/mol. The maximum absolute atomic E-state index is 5.03. The predicted octanol–water partition coefficient (Wildman–Crippen LogP) is 0.447. The highest BCUT2D eigenvalue weighted by atomic mass is 16.5. The molecule has 7 heteroatoms. The zero-order chi connectivity index (χ0) is 13.1. The summed E-state index contributed by atoms with van der Waals surface area (Å²) in [6.07, 6.45) is 4.64. The lowest BCUT2D eigenvalue weighted by Gasteiger charge is -2.03. The molecule has 0 aromatic carbocycles. The van der Waals surface area contributed by atoms with E-state index in [1.54, 1.807) is 13.1 Å². The van der Waals surface area contributed by atoms with Crippen LogP contribution in [0.5, 0.6) is 0 Å². The Kier molecular flexibility index (Phi) is 8.31. The molecule has 0 rings (SSSR count). The van der Waals surface area contributed by atoms with Crippen LogP contribution in [0.25, 0.3) is 0 Å². The van der Waals surface area contributed by atoms with Gasteiger partial charge in [0.25, 0.3) is 0 Å². The zero-order valence-electron chi connectivity index (χ0n) is 10.5. The van der Waals surface area contributed by atoms with Gasteiger partial charge in [-0.05, 0) is 6.92 Å². The minimum Gasteiger partial charge on any atom is -0.484 e. The molecular formula is C10H19N5O2. The Labute approximate surface area is 101 Å². The summed E-state index contributed by atoms with van der Waals surface area (Å²) in [5.74, 6) is 5.50. The van der Waals surface area contributed by atoms with Crippen LogP contribution in [0.2, 0.25) is 0 Å². The van der Waals surface area contributed by atoms with Gasteiger partial charge in [0, 0.05) is 25.5 Å². The van der Waals surface area contributed by atoms with Crippen molar-refractivity contribution in [3.8, 4) is 0 Å². The fourth-order valence-electron chi connectivity index (χ4n) is 0.775. The first-order chi connectivity index (χ1) is 8.13. The monoisotopic (exact) mass is 241 g/mol. The van der Waals surface area contributed by atoms with Gasteiger partial charge in [0.15, 0.2) is 5.90 Å². The molecule has 0 fully saturated rings. The van der Waals surface area contributed by atoms with Gasteiger partial charge < -0.3 is 14.9 Å². The van der Waals surface area contributed by atoms with Crippen LogP contribution in [0.1, 0.15) is 13.8 Å². The van der Waals surface area contributed by atoms with Crippen molar-refractivity contribution >= 4 is 18.1 Å². The van der Waals surface area contributed by atoms with Gasteiger partial charge in [0.2, 0.25) is 0 Å². The van der Waals surface area contributed by atoms with Crippen LogP contribution in [0, 0.1) is 0 Å². The Balaban J connectivity index is 4.51. The van der Waals surface area contributed by atoms with Crippen LogP contribution in [0.15, 0.2) is 27.4 Å². The van der Waals surface area contributed by atoms with Crippen molar-refractivity contribution in [3.05, 3.63) is 12.4 Å². The standard InChI is InChI=1S/C10H19N5O2/c1-8(7-12-5-6-13-11)14-10(17-4)15-9(2)16-3/h5-8,13H,11H2,1-4H3/b6-5-,12-7?,14-10?,15-9?. The van der Waals surface area contributed by atoms with Crippen molar-refractivity contribution in [3.63, 3.8) is 0 Å². The number of rotatable bonds is 4. The van der Waals surface area contributed by atoms with Gasteiger partial charge in [-0.3, -0.25) is 10.8 Å². The third-order valence-electron chi connectivity index (χ3n) is 1.60. The molecule has 3 N–H and O–H groups in total. The van der Waals surface area contributed by atoms with E-state index >= 15 is 0 Å². The Bertz CT molecular complexity index is 323. The van der Waals surface area contributed by atoms with E-state index in [1.165, 1.54) is 26.6 Å². The minimum atomic E-state index is -0.166. The molecule has 0 amide bonds. The quantitative estimate of drug-likeness (QED) is 0.323. The highest BCUT2D eigenvalue weighted by Crippen LogP contribution is 1.93. The number of hydrogen-bond donors (Lipinski definition) is 2. The van der Waals surface area contributed by atoms with Crippen molar-refractivity contribution in [1.29, 1.82) is 0 Å². The molecule has 0 spiro atoms. The summed E-state index contributed by atoms with van der Waals surface area (Å²) in [5, 5.41) is 0. The second kappa shape index (κ2) is 9.34. The number of amidine groups is 1. The molecule has 1 unspecified atom stereocenters. The molecule has 0 aromatic heterocycles. The molecule has 0 saturated carbocycles. The van der Waals surface area contributed by atoms with Crippen LogP contribution in [0.3, 0.4) is 0 Å². The molecule has 0 aliphatic heterocycles. The van der Waals surface area contributed by atoms with Crippen molar-refractivity contribution in [2.75, 3.05) is 14.2 Å². The lowest BCUT2D eigenvalue weighted by molar-refractivity contribution is 0.379. The summed E-state index contributed by atoms with van der Waals surface area (Å²) in [4.78, 5) is 12.1. The molecule has 0 heterocycles. The lowest BCUT2D eigenvalue weighted by Crippen LogP contribution is -2.12. The van der Waals surface area contributed by atoms with E-state index in [0.29, 0.717) is 5.90 Å². The van der Waals surface area contributed by atoms with E-state index in [4.69, 9.17) is 15.3 Å². The molecule has 17 heavy (non-hydrogen) atoms. The molecule has 0 saturated heterocycles. The van der Waals surface area contributed by atoms with Gasteiger partial charge in [-0.2, -0.15) is 4.99 Å². The molecule has 0 aromatic rings. The van der Waals surface area contributed by atoms with E-state index < -0.39 is 0 Å². The maximum atomic E-state index is 5.03.